The number of hydrogen-bond acceptors (Lipinski definition) is 7. The SMILES string of the molecule is Cc1noc(C)c1CCNCc1csc(-c2ccc3c(c2)OCO3)n1. The summed E-state index contributed by atoms with van der Waals surface area (Å²) in [6, 6.07) is 5.93. The third-order valence-corrected chi connectivity index (χ3v) is 5.15. The summed E-state index contributed by atoms with van der Waals surface area (Å²) in [5.41, 5.74) is 4.25. The number of benzene rings is 1. The van der Waals surface area contributed by atoms with E-state index in [0.717, 1.165) is 58.7 Å². The molecule has 25 heavy (non-hydrogen) atoms. The van der Waals surface area contributed by atoms with Crippen molar-refractivity contribution in [3.05, 3.63) is 46.3 Å². The average Bonchev–Trinajstić information content (AvgIpc) is 3.33. The van der Waals surface area contributed by atoms with Crippen LogP contribution >= 0.6 is 11.3 Å². The summed E-state index contributed by atoms with van der Waals surface area (Å²) in [6.45, 7) is 5.82. The zero-order valence-corrected chi connectivity index (χ0v) is 15.0. The number of aryl methyl sites for hydroxylation is 2. The zero-order valence-electron chi connectivity index (χ0n) is 14.2. The van der Waals surface area contributed by atoms with Crippen molar-refractivity contribution in [3.63, 3.8) is 0 Å². The van der Waals surface area contributed by atoms with Gasteiger partial charge >= 0.3 is 0 Å². The van der Waals surface area contributed by atoms with Crippen molar-refractivity contribution < 1.29 is 14.0 Å². The van der Waals surface area contributed by atoms with E-state index in [-0.39, 0.29) is 6.79 Å². The molecule has 2 aromatic heterocycles. The van der Waals surface area contributed by atoms with E-state index < -0.39 is 0 Å². The molecule has 1 aliphatic rings. The predicted octanol–water partition coefficient (Wildman–Crippen LogP) is 3.48. The number of fused-ring (bicyclic) bond motifs is 1. The summed E-state index contributed by atoms with van der Waals surface area (Å²) in [7, 11) is 0. The summed E-state index contributed by atoms with van der Waals surface area (Å²) in [4.78, 5) is 4.70. The van der Waals surface area contributed by atoms with Crippen molar-refractivity contribution in [3.8, 4) is 22.1 Å². The number of nitrogens with zero attached hydrogens (tertiary/aromatic N) is 2. The summed E-state index contributed by atoms with van der Waals surface area (Å²) in [5.74, 6) is 2.48. The fraction of sp³-hybridized carbons (Fsp3) is 0.333. The Labute approximate surface area is 149 Å². The lowest BCUT2D eigenvalue weighted by Gasteiger charge is -2.02. The second kappa shape index (κ2) is 6.85. The van der Waals surface area contributed by atoms with Gasteiger partial charge in [-0.3, -0.25) is 0 Å². The molecule has 7 heteroatoms. The van der Waals surface area contributed by atoms with Crippen molar-refractivity contribution in [2.24, 2.45) is 0 Å². The van der Waals surface area contributed by atoms with Crippen LogP contribution in [0.15, 0.2) is 28.1 Å². The molecule has 0 radical (unpaired) electrons. The molecule has 0 unspecified atom stereocenters. The fourth-order valence-electron chi connectivity index (χ4n) is 2.84. The van der Waals surface area contributed by atoms with Crippen molar-refractivity contribution in [2.75, 3.05) is 13.3 Å². The van der Waals surface area contributed by atoms with Crippen LogP contribution in [0.4, 0.5) is 0 Å². The maximum absolute atomic E-state index is 5.43. The highest BCUT2D eigenvalue weighted by Gasteiger charge is 2.15. The van der Waals surface area contributed by atoms with Crippen LogP contribution in [0.3, 0.4) is 0 Å². The molecule has 1 aliphatic heterocycles. The quantitative estimate of drug-likeness (QED) is 0.681. The molecular formula is C18H19N3O3S. The van der Waals surface area contributed by atoms with Gasteiger partial charge in [-0.05, 0) is 45.0 Å². The van der Waals surface area contributed by atoms with E-state index in [9.17, 15) is 0 Å². The second-order valence-electron chi connectivity index (χ2n) is 5.94. The van der Waals surface area contributed by atoms with Crippen molar-refractivity contribution in [1.29, 1.82) is 0 Å². The van der Waals surface area contributed by atoms with Crippen LogP contribution in [-0.4, -0.2) is 23.5 Å². The predicted molar refractivity (Wildman–Crippen MR) is 95.1 cm³/mol. The number of hydrogen-bond donors (Lipinski definition) is 1. The van der Waals surface area contributed by atoms with E-state index in [1.807, 2.05) is 32.0 Å². The fourth-order valence-corrected chi connectivity index (χ4v) is 3.66. The van der Waals surface area contributed by atoms with Gasteiger partial charge in [0.25, 0.3) is 0 Å². The van der Waals surface area contributed by atoms with Crippen LogP contribution in [0.5, 0.6) is 11.5 Å². The van der Waals surface area contributed by atoms with E-state index in [1.54, 1.807) is 11.3 Å². The van der Waals surface area contributed by atoms with Gasteiger partial charge in [-0.25, -0.2) is 4.98 Å². The van der Waals surface area contributed by atoms with Crippen LogP contribution in [0.25, 0.3) is 10.6 Å². The lowest BCUT2D eigenvalue weighted by atomic mass is 10.1. The van der Waals surface area contributed by atoms with Crippen molar-refractivity contribution in [2.45, 2.75) is 26.8 Å². The number of nitrogens with one attached hydrogen (secondary N) is 1. The maximum atomic E-state index is 5.43. The van der Waals surface area contributed by atoms with E-state index in [1.165, 1.54) is 5.56 Å². The van der Waals surface area contributed by atoms with Gasteiger partial charge in [0.1, 0.15) is 10.8 Å². The Kier molecular flexibility index (Phi) is 4.42. The molecule has 3 heterocycles. The van der Waals surface area contributed by atoms with Gasteiger partial charge in [0.05, 0.1) is 11.4 Å². The summed E-state index contributed by atoms with van der Waals surface area (Å²) < 4.78 is 16.0. The summed E-state index contributed by atoms with van der Waals surface area (Å²) in [6.07, 6.45) is 0.903. The lowest BCUT2D eigenvalue weighted by molar-refractivity contribution is 0.174. The van der Waals surface area contributed by atoms with Gasteiger partial charge in [0.15, 0.2) is 11.5 Å². The summed E-state index contributed by atoms with van der Waals surface area (Å²) >= 11 is 1.64. The first-order valence-corrected chi connectivity index (χ1v) is 9.05. The first kappa shape index (κ1) is 16.1. The maximum Gasteiger partial charge on any atom is 0.231 e. The minimum Gasteiger partial charge on any atom is -0.454 e. The molecule has 3 aromatic rings. The first-order chi connectivity index (χ1) is 12.2. The van der Waals surface area contributed by atoms with E-state index >= 15 is 0 Å². The topological polar surface area (TPSA) is 69.4 Å². The second-order valence-corrected chi connectivity index (χ2v) is 6.80. The third kappa shape index (κ3) is 3.38. The molecule has 0 fully saturated rings. The largest absolute Gasteiger partial charge is 0.454 e. The Morgan fingerprint density at radius 3 is 2.92 bits per heavy atom. The molecule has 0 atom stereocenters. The van der Waals surface area contributed by atoms with Crippen molar-refractivity contribution >= 4 is 11.3 Å². The van der Waals surface area contributed by atoms with Crippen LogP contribution in [-0.2, 0) is 13.0 Å². The molecule has 0 spiro atoms. The van der Waals surface area contributed by atoms with Crippen molar-refractivity contribution in [1.82, 2.24) is 15.5 Å². The third-order valence-electron chi connectivity index (χ3n) is 4.21. The first-order valence-electron chi connectivity index (χ1n) is 8.17. The molecule has 1 N–H and O–H groups in total. The Hall–Kier alpha value is -2.38. The van der Waals surface area contributed by atoms with E-state index in [0.29, 0.717) is 0 Å². The molecule has 0 amide bonds. The Bertz CT molecular complexity index is 868. The van der Waals surface area contributed by atoms with Gasteiger partial charge in [-0.15, -0.1) is 11.3 Å². The minimum atomic E-state index is 0.289. The number of thiazole rings is 1. The minimum absolute atomic E-state index is 0.289. The molecule has 4 rings (SSSR count). The van der Waals surface area contributed by atoms with Crippen LogP contribution in [0, 0.1) is 13.8 Å². The van der Waals surface area contributed by atoms with Gasteiger partial charge < -0.3 is 19.3 Å². The highest BCUT2D eigenvalue weighted by Crippen LogP contribution is 2.36. The smallest absolute Gasteiger partial charge is 0.231 e. The molecule has 1 aromatic carbocycles. The molecule has 6 nitrogen and oxygen atoms in total. The monoisotopic (exact) mass is 357 g/mol. The Morgan fingerprint density at radius 2 is 2.08 bits per heavy atom. The number of ether oxygens (including phenoxy) is 2. The van der Waals surface area contributed by atoms with Gasteiger partial charge in [-0.1, -0.05) is 5.16 Å². The standard InChI is InChI=1S/C18H19N3O3S/c1-11-15(12(2)24-21-11)5-6-19-8-14-9-25-18(20-14)13-3-4-16-17(7-13)23-10-22-16/h3-4,7,9,19H,5-6,8,10H2,1-2H3. The molecule has 130 valence electrons. The van der Waals surface area contributed by atoms with Gasteiger partial charge in [-0.2, -0.15) is 0 Å². The van der Waals surface area contributed by atoms with E-state index in [2.05, 4.69) is 15.9 Å². The molecule has 0 bridgehead atoms. The molecular weight excluding hydrogens is 338 g/mol. The molecule has 0 saturated heterocycles. The van der Waals surface area contributed by atoms with Crippen LogP contribution < -0.4 is 14.8 Å². The Balaban J connectivity index is 1.34. The Morgan fingerprint density at radius 1 is 1.20 bits per heavy atom. The highest BCUT2D eigenvalue weighted by atomic mass is 32.1. The molecule has 0 saturated carbocycles. The average molecular weight is 357 g/mol. The van der Waals surface area contributed by atoms with Gasteiger partial charge in [0, 0.05) is 23.1 Å². The number of rotatable bonds is 6. The number of aromatic nitrogens is 2. The highest BCUT2D eigenvalue weighted by molar-refractivity contribution is 7.13. The lowest BCUT2D eigenvalue weighted by Crippen LogP contribution is -2.17. The van der Waals surface area contributed by atoms with Crippen LogP contribution in [0.2, 0.25) is 0 Å². The van der Waals surface area contributed by atoms with Crippen LogP contribution in [0.1, 0.15) is 22.7 Å². The van der Waals surface area contributed by atoms with E-state index in [4.69, 9.17) is 19.0 Å². The zero-order chi connectivity index (χ0) is 17.2. The van der Waals surface area contributed by atoms with Gasteiger partial charge in [0.2, 0.25) is 6.79 Å². The molecule has 0 aliphatic carbocycles. The summed E-state index contributed by atoms with van der Waals surface area (Å²) in [5, 5.41) is 10.5. The normalized spacial score (nSPS) is 12.7.